The minimum Gasteiger partial charge on any atom is -0.328 e. The summed E-state index contributed by atoms with van der Waals surface area (Å²) in [7, 11) is 0. The van der Waals surface area contributed by atoms with Gasteiger partial charge < -0.3 is 6.42 Å². The first-order valence-corrected chi connectivity index (χ1v) is 8.13. The second-order valence-electron chi connectivity index (χ2n) is 7.02. The molecule has 0 aromatic heterocycles. The number of nitrogens with zero attached hydrogens (tertiary/aromatic N) is 1. The summed E-state index contributed by atoms with van der Waals surface area (Å²) >= 11 is 0. The third-order valence-corrected chi connectivity index (χ3v) is 6.04. The maximum Gasteiger partial charge on any atom is 0.116 e. The molecule has 3 fully saturated rings. The maximum absolute atomic E-state index is 14.0. The SMILES string of the molecule is N#CC1CCC(C2CCC3C[CH-]CCC3C2)CC1F.[Pr]. The van der Waals surface area contributed by atoms with E-state index in [1.165, 1.54) is 38.5 Å². The zero-order chi connectivity index (χ0) is 13.2. The van der Waals surface area contributed by atoms with Gasteiger partial charge in [-0.15, -0.1) is 0 Å². The van der Waals surface area contributed by atoms with Crippen LogP contribution in [0.3, 0.4) is 0 Å². The van der Waals surface area contributed by atoms with E-state index < -0.39 is 6.17 Å². The van der Waals surface area contributed by atoms with Crippen LogP contribution in [-0.4, -0.2) is 6.17 Å². The van der Waals surface area contributed by atoms with Gasteiger partial charge in [-0.05, 0) is 49.9 Å². The molecule has 0 aliphatic heterocycles. The van der Waals surface area contributed by atoms with Gasteiger partial charge in [-0.3, -0.25) is 0 Å². The van der Waals surface area contributed by atoms with Crippen molar-refractivity contribution in [3.8, 4) is 6.07 Å². The number of halogens is 1. The molecule has 0 N–H and O–H groups in total. The Kier molecular flexibility index (Phi) is 6.74. The van der Waals surface area contributed by atoms with Crippen LogP contribution in [0.2, 0.25) is 0 Å². The van der Waals surface area contributed by atoms with E-state index in [-0.39, 0.29) is 47.2 Å². The monoisotopic (exact) mass is 403 g/mol. The number of nitriles is 1. The number of alkyl halides is 1. The molecule has 6 unspecified atom stereocenters. The topological polar surface area (TPSA) is 23.8 Å². The van der Waals surface area contributed by atoms with Gasteiger partial charge in [-0.2, -0.15) is 18.1 Å². The van der Waals surface area contributed by atoms with Crippen LogP contribution in [0.4, 0.5) is 4.39 Å². The van der Waals surface area contributed by atoms with Gasteiger partial charge in [0.1, 0.15) is 6.17 Å². The average Bonchev–Trinajstić information content (AvgIpc) is 2.46. The van der Waals surface area contributed by atoms with Gasteiger partial charge in [0.25, 0.3) is 0 Å². The Balaban J connectivity index is 0.00000147. The Morgan fingerprint density at radius 3 is 2.30 bits per heavy atom. The third-order valence-electron chi connectivity index (χ3n) is 6.04. The van der Waals surface area contributed by atoms with E-state index in [0.29, 0.717) is 12.3 Å². The second kappa shape index (κ2) is 7.87. The van der Waals surface area contributed by atoms with E-state index in [2.05, 4.69) is 12.5 Å². The predicted octanol–water partition coefficient (Wildman–Crippen LogP) is 4.69. The van der Waals surface area contributed by atoms with Crippen molar-refractivity contribution in [1.82, 2.24) is 0 Å². The average molecular weight is 403 g/mol. The molecule has 0 saturated heterocycles. The molecular formula is C17H25FNPr-. The van der Waals surface area contributed by atoms with Crippen LogP contribution >= 0.6 is 0 Å². The molecule has 0 bridgehead atoms. The Bertz CT molecular complexity index is 353. The molecule has 3 saturated carbocycles. The molecule has 3 heteroatoms. The smallest absolute Gasteiger partial charge is 0.116 e. The second-order valence-corrected chi connectivity index (χ2v) is 7.02. The first kappa shape index (κ1) is 17.1. The van der Waals surface area contributed by atoms with E-state index in [1.54, 1.807) is 0 Å². The van der Waals surface area contributed by atoms with Gasteiger partial charge in [-0.1, -0.05) is 18.8 Å². The van der Waals surface area contributed by atoms with Crippen molar-refractivity contribution in [3.63, 3.8) is 0 Å². The maximum atomic E-state index is 14.0. The molecule has 3 aliphatic carbocycles. The van der Waals surface area contributed by atoms with Crippen LogP contribution in [0.5, 0.6) is 0 Å². The molecule has 0 spiro atoms. The van der Waals surface area contributed by atoms with E-state index in [1.807, 2.05) is 0 Å². The standard InChI is InChI=1S/C17H25FN.Pr/c18-17-10-15(7-8-16(17)11-19)14-6-5-12-3-1-2-4-13(12)9-14;/h1,12-17H,2-10H2;/q-1;. The summed E-state index contributed by atoms with van der Waals surface area (Å²) in [6.07, 6.45) is 12.1. The van der Waals surface area contributed by atoms with Gasteiger partial charge in [0.15, 0.2) is 0 Å². The summed E-state index contributed by atoms with van der Waals surface area (Å²) in [5.74, 6) is 2.83. The molecule has 6 atom stereocenters. The molecule has 20 heavy (non-hydrogen) atoms. The molecule has 3 aliphatic rings. The van der Waals surface area contributed by atoms with Gasteiger partial charge >= 0.3 is 0 Å². The van der Waals surface area contributed by atoms with E-state index in [0.717, 1.165) is 30.6 Å². The number of fused-ring (bicyclic) bond motifs is 1. The fourth-order valence-electron chi connectivity index (χ4n) is 4.84. The summed E-state index contributed by atoms with van der Waals surface area (Å²) in [4.78, 5) is 0. The Labute approximate surface area is 156 Å². The minimum absolute atomic E-state index is 0. The van der Waals surface area contributed by atoms with E-state index >= 15 is 0 Å². The zero-order valence-corrected chi connectivity index (χ0v) is 16.0. The largest absolute Gasteiger partial charge is 0.328 e. The Morgan fingerprint density at radius 2 is 1.55 bits per heavy atom. The van der Waals surface area contributed by atoms with Crippen molar-refractivity contribution in [1.29, 1.82) is 5.26 Å². The third kappa shape index (κ3) is 3.75. The van der Waals surface area contributed by atoms with Gasteiger partial charge in [0.05, 0.1) is 12.0 Å². The van der Waals surface area contributed by atoms with E-state index in [9.17, 15) is 4.39 Å². The predicted molar refractivity (Wildman–Crippen MR) is 73.8 cm³/mol. The van der Waals surface area contributed by atoms with Gasteiger partial charge in [-0.25, -0.2) is 4.39 Å². The Hall–Kier alpha value is 0.784. The van der Waals surface area contributed by atoms with Gasteiger partial charge in [0.2, 0.25) is 0 Å². The fraction of sp³-hybridized carbons (Fsp3) is 0.882. The van der Waals surface area contributed by atoms with Crippen molar-refractivity contribution in [2.45, 2.75) is 64.0 Å². The first-order chi connectivity index (χ1) is 9.28. The normalized spacial score (nSPS) is 44.8. The van der Waals surface area contributed by atoms with Crippen LogP contribution in [0, 0.1) is 88.6 Å². The summed E-state index contributed by atoms with van der Waals surface area (Å²) in [6.45, 7) is 0. The van der Waals surface area contributed by atoms with Crippen molar-refractivity contribution in [2.75, 3.05) is 0 Å². The van der Waals surface area contributed by atoms with Crippen LogP contribution in [0.15, 0.2) is 0 Å². The van der Waals surface area contributed by atoms with Crippen LogP contribution in [0.25, 0.3) is 0 Å². The van der Waals surface area contributed by atoms with Crippen molar-refractivity contribution in [2.24, 2.45) is 29.6 Å². The van der Waals surface area contributed by atoms with Crippen molar-refractivity contribution < 1.29 is 45.7 Å². The Morgan fingerprint density at radius 1 is 0.900 bits per heavy atom. The molecule has 1 radical (unpaired) electrons. The number of hydrogen-bond donors (Lipinski definition) is 0. The molecule has 0 aromatic rings. The molecule has 0 aromatic carbocycles. The van der Waals surface area contributed by atoms with Crippen molar-refractivity contribution in [3.05, 3.63) is 6.42 Å². The molecular weight excluding hydrogens is 378 g/mol. The molecule has 3 rings (SSSR count). The van der Waals surface area contributed by atoms with Crippen LogP contribution < -0.4 is 0 Å². The summed E-state index contributed by atoms with van der Waals surface area (Å²) in [6, 6.07) is 2.14. The molecule has 0 amide bonds. The van der Waals surface area contributed by atoms with Crippen molar-refractivity contribution >= 4 is 0 Å². The quantitative estimate of drug-likeness (QED) is 0.583. The van der Waals surface area contributed by atoms with Crippen LogP contribution in [-0.2, 0) is 0 Å². The zero-order valence-electron chi connectivity index (χ0n) is 12.3. The summed E-state index contributed by atoms with van der Waals surface area (Å²) in [5.41, 5.74) is 0. The summed E-state index contributed by atoms with van der Waals surface area (Å²) in [5, 5.41) is 8.92. The fourth-order valence-corrected chi connectivity index (χ4v) is 4.84. The van der Waals surface area contributed by atoms with E-state index in [4.69, 9.17) is 5.26 Å². The minimum atomic E-state index is -0.860. The molecule has 0 heterocycles. The number of hydrogen-bond acceptors (Lipinski definition) is 1. The molecule has 109 valence electrons. The molecule has 1 nitrogen and oxygen atoms in total. The first-order valence-electron chi connectivity index (χ1n) is 8.13. The number of rotatable bonds is 1. The summed E-state index contributed by atoms with van der Waals surface area (Å²) < 4.78 is 14.0. The van der Waals surface area contributed by atoms with Gasteiger partial charge in [0, 0.05) is 41.3 Å². The van der Waals surface area contributed by atoms with Crippen LogP contribution in [0.1, 0.15) is 57.8 Å².